The molecule has 4 nitrogen and oxygen atoms in total. The van der Waals surface area contributed by atoms with Gasteiger partial charge in [-0.15, -0.1) is 0 Å². The second kappa shape index (κ2) is 10.5. The van der Waals surface area contributed by atoms with Crippen molar-refractivity contribution in [2.75, 3.05) is 11.9 Å². The molecule has 0 aromatic heterocycles. The molecule has 4 aromatic rings. The Morgan fingerprint density at radius 2 is 1.31 bits per heavy atom. The van der Waals surface area contributed by atoms with Gasteiger partial charge in [-0.2, -0.15) is 0 Å². The van der Waals surface area contributed by atoms with Gasteiger partial charge >= 0.3 is 6.03 Å². The maximum atomic E-state index is 13.1. The molecule has 0 saturated carbocycles. The lowest BCUT2D eigenvalue weighted by Gasteiger charge is -2.19. The molecule has 0 aliphatic carbocycles. The predicted octanol–water partition coefficient (Wildman–Crippen LogP) is 8.07. The SMILES string of the molecule is O=C(Nc1ccc(Sc2ccc(Cl)cc2)cc1)N1CC(c2ccccc2)=C(c2ccc(Cl)cc2)N1. The van der Waals surface area contributed by atoms with Crippen molar-refractivity contribution in [3.05, 3.63) is 124 Å². The molecule has 7 heteroatoms. The van der Waals surface area contributed by atoms with Crippen LogP contribution in [0.3, 0.4) is 0 Å². The van der Waals surface area contributed by atoms with E-state index in [-0.39, 0.29) is 6.03 Å². The molecule has 1 heterocycles. The van der Waals surface area contributed by atoms with Crippen LogP contribution in [0, 0.1) is 0 Å². The van der Waals surface area contributed by atoms with Crippen LogP contribution in [0.2, 0.25) is 10.0 Å². The van der Waals surface area contributed by atoms with E-state index in [1.165, 1.54) is 0 Å². The Labute approximate surface area is 218 Å². The molecule has 0 bridgehead atoms. The topological polar surface area (TPSA) is 44.4 Å². The molecule has 2 N–H and O–H groups in total. The van der Waals surface area contributed by atoms with Crippen molar-refractivity contribution in [1.29, 1.82) is 0 Å². The zero-order valence-electron chi connectivity index (χ0n) is 18.5. The van der Waals surface area contributed by atoms with Crippen molar-refractivity contribution < 1.29 is 4.79 Å². The van der Waals surface area contributed by atoms with E-state index in [9.17, 15) is 4.79 Å². The van der Waals surface area contributed by atoms with Gasteiger partial charge in [0.25, 0.3) is 0 Å². The van der Waals surface area contributed by atoms with Crippen LogP contribution in [0.4, 0.5) is 10.5 Å². The molecule has 0 atom stereocenters. The molecular formula is C28H21Cl2N3OS. The second-order valence-corrected chi connectivity index (χ2v) is 9.95. The molecule has 0 spiro atoms. The van der Waals surface area contributed by atoms with Crippen molar-refractivity contribution in [3.63, 3.8) is 0 Å². The summed E-state index contributed by atoms with van der Waals surface area (Å²) in [6, 6.07) is 32.9. The van der Waals surface area contributed by atoms with Crippen molar-refractivity contribution >= 4 is 58.0 Å². The van der Waals surface area contributed by atoms with E-state index in [2.05, 4.69) is 10.7 Å². The van der Waals surface area contributed by atoms with Crippen molar-refractivity contribution in [2.45, 2.75) is 9.79 Å². The monoisotopic (exact) mass is 517 g/mol. The standard InChI is InChI=1S/C28H21Cl2N3OS/c29-21-8-6-20(7-9-21)27-26(19-4-2-1-3-5-19)18-33(32-27)28(34)31-23-12-16-25(17-13-23)35-24-14-10-22(30)11-15-24/h1-17,32H,18H2,(H,31,34). The number of carbonyl (C=O) groups excluding carboxylic acids is 1. The number of hydrogen-bond donors (Lipinski definition) is 2. The minimum Gasteiger partial charge on any atom is -0.306 e. The first-order valence-electron chi connectivity index (χ1n) is 11.0. The third kappa shape index (κ3) is 5.65. The second-order valence-electron chi connectivity index (χ2n) is 7.93. The van der Waals surface area contributed by atoms with Gasteiger partial charge in [-0.3, -0.25) is 5.43 Å². The molecule has 174 valence electrons. The van der Waals surface area contributed by atoms with Crippen LogP contribution < -0.4 is 10.7 Å². The highest BCUT2D eigenvalue weighted by atomic mass is 35.5. The van der Waals surface area contributed by atoms with Gasteiger partial charge in [0, 0.05) is 31.1 Å². The van der Waals surface area contributed by atoms with E-state index in [0.717, 1.165) is 37.9 Å². The number of nitrogens with one attached hydrogen (secondary N) is 2. The third-order valence-electron chi connectivity index (χ3n) is 5.52. The van der Waals surface area contributed by atoms with E-state index in [4.69, 9.17) is 23.2 Å². The molecule has 5 rings (SSSR count). The van der Waals surface area contributed by atoms with Crippen molar-refractivity contribution in [2.24, 2.45) is 0 Å². The van der Waals surface area contributed by atoms with Crippen molar-refractivity contribution in [1.82, 2.24) is 10.4 Å². The normalized spacial score (nSPS) is 13.0. The lowest BCUT2D eigenvalue weighted by molar-refractivity contribution is 0.210. The number of anilines is 1. The maximum Gasteiger partial charge on any atom is 0.340 e. The van der Waals surface area contributed by atoms with Gasteiger partial charge in [0.15, 0.2) is 0 Å². The fourth-order valence-corrected chi connectivity index (χ4v) is 4.84. The van der Waals surface area contributed by atoms with E-state index in [1.807, 2.05) is 103 Å². The minimum atomic E-state index is -0.236. The lowest BCUT2D eigenvalue weighted by atomic mass is 10.0. The first-order chi connectivity index (χ1) is 17.0. The number of hydrogen-bond acceptors (Lipinski definition) is 3. The largest absolute Gasteiger partial charge is 0.340 e. The van der Waals surface area contributed by atoms with Gasteiger partial charge < -0.3 is 5.32 Å². The summed E-state index contributed by atoms with van der Waals surface area (Å²) in [4.78, 5) is 15.3. The quantitative estimate of drug-likeness (QED) is 0.281. The first-order valence-corrected chi connectivity index (χ1v) is 12.6. The molecule has 0 radical (unpaired) electrons. The minimum absolute atomic E-state index is 0.236. The third-order valence-corrected chi connectivity index (χ3v) is 7.04. The number of halogens is 2. The lowest BCUT2D eigenvalue weighted by Crippen LogP contribution is -2.40. The molecule has 0 saturated heterocycles. The maximum absolute atomic E-state index is 13.1. The summed E-state index contributed by atoms with van der Waals surface area (Å²) in [5.41, 5.74) is 7.96. The van der Waals surface area contributed by atoms with Crippen molar-refractivity contribution in [3.8, 4) is 0 Å². The van der Waals surface area contributed by atoms with Gasteiger partial charge in [-0.25, -0.2) is 9.80 Å². The molecule has 1 aliphatic heterocycles. The molecule has 2 amide bonds. The van der Waals surface area contributed by atoms with Gasteiger partial charge in [0.05, 0.1) is 12.2 Å². The summed E-state index contributed by atoms with van der Waals surface area (Å²) in [6.07, 6.45) is 0. The Morgan fingerprint density at radius 1 is 0.743 bits per heavy atom. The number of hydrazine groups is 1. The van der Waals surface area contributed by atoms with E-state index < -0.39 is 0 Å². The number of urea groups is 1. The molecule has 4 aromatic carbocycles. The fourth-order valence-electron chi connectivity index (χ4n) is 3.77. The summed E-state index contributed by atoms with van der Waals surface area (Å²) < 4.78 is 0. The van der Waals surface area contributed by atoms with Gasteiger partial charge in [-0.05, 0) is 71.8 Å². The molecule has 35 heavy (non-hydrogen) atoms. The highest BCUT2D eigenvalue weighted by Gasteiger charge is 2.27. The summed E-state index contributed by atoms with van der Waals surface area (Å²) in [5.74, 6) is 0. The van der Waals surface area contributed by atoms with Crippen LogP contribution >= 0.6 is 35.0 Å². The summed E-state index contributed by atoms with van der Waals surface area (Å²) in [7, 11) is 0. The number of amides is 2. The Bertz CT molecular complexity index is 1360. The smallest absolute Gasteiger partial charge is 0.306 e. The molecule has 0 unspecified atom stereocenters. The molecule has 1 aliphatic rings. The average molecular weight is 518 g/mol. The van der Waals surface area contributed by atoms with Crippen LogP contribution in [-0.4, -0.2) is 17.6 Å². The Morgan fingerprint density at radius 3 is 1.94 bits per heavy atom. The zero-order chi connectivity index (χ0) is 24.2. The Hall–Kier alpha value is -3.38. The number of benzene rings is 4. The number of nitrogens with zero attached hydrogens (tertiary/aromatic N) is 1. The van der Waals surface area contributed by atoms with Crippen LogP contribution in [0.15, 0.2) is 113 Å². The predicted molar refractivity (Wildman–Crippen MR) is 146 cm³/mol. The summed E-state index contributed by atoms with van der Waals surface area (Å²) in [5, 5.41) is 5.95. The summed E-state index contributed by atoms with van der Waals surface area (Å²) >= 11 is 13.7. The van der Waals surface area contributed by atoms with Crippen LogP contribution in [0.25, 0.3) is 11.3 Å². The highest BCUT2D eigenvalue weighted by Crippen LogP contribution is 2.32. The number of rotatable bonds is 5. The van der Waals surface area contributed by atoms with E-state index in [0.29, 0.717) is 16.6 Å². The number of carbonyl (C=O) groups is 1. The van der Waals surface area contributed by atoms with Crippen LogP contribution in [-0.2, 0) is 0 Å². The van der Waals surface area contributed by atoms with Gasteiger partial charge in [0.1, 0.15) is 0 Å². The Kier molecular flexibility index (Phi) is 7.00. The van der Waals surface area contributed by atoms with Gasteiger partial charge in [-0.1, -0.05) is 77.4 Å². The van der Waals surface area contributed by atoms with E-state index >= 15 is 0 Å². The van der Waals surface area contributed by atoms with Crippen LogP contribution in [0.1, 0.15) is 11.1 Å². The van der Waals surface area contributed by atoms with Crippen LogP contribution in [0.5, 0.6) is 0 Å². The average Bonchev–Trinajstić information content (AvgIpc) is 3.33. The van der Waals surface area contributed by atoms with E-state index in [1.54, 1.807) is 16.8 Å². The molecule has 0 fully saturated rings. The first kappa shape index (κ1) is 23.4. The highest BCUT2D eigenvalue weighted by molar-refractivity contribution is 7.99. The molecular weight excluding hydrogens is 497 g/mol. The Balaban J connectivity index is 1.29. The summed E-state index contributed by atoms with van der Waals surface area (Å²) in [6.45, 7) is 0.429. The fraction of sp³-hybridized carbons (Fsp3) is 0.0357. The van der Waals surface area contributed by atoms with Gasteiger partial charge in [0.2, 0.25) is 0 Å². The zero-order valence-corrected chi connectivity index (χ0v) is 20.9.